The van der Waals surface area contributed by atoms with Gasteiger partial charge >= 0.3 is 0 Å². The first-order valence-corrected chi connectivity index (χ1v) is 4.96. The van der Waals surface area contributed by atoms with E-state index in [4.69, 9.17) is 15.2 Å². The van der Waals surface area contributed by atoms with Gasteiger partial charge < -0.3 is 15.2 Å². The molecular formula is C11H16FNO2. The Morgan fingerprint density at radius 2 is 2.13 bits per heavy atom. The van der Waals surface area contributed by atoms with E-state index in [1.165, 1.54) is 12.1 Å². The quantitative estimate of drug-likeness (QED) is 0.578. The summed E-state index contributed by atoms with van der Waals surface area (Å²) in [6.45, 7) is 3.08. The average molecular weight is 213 g/mol. The molecule has 0 saturated heterocycles. The van der Waals surface area contributed by atoms with Crippen LogP contribution in [0.1, 0.15) is 12.5 Å². The van der Waals surface area contributed by atoms with E-state index in [2.05, 4.69) is 0 Å². The molecule has 0 aliphatic rings. The molecule has 2 N–H and O–H groups in total. The number of ether oxygens (including phenoxy) is 2. The topological polar surface area (TPSA) is 44.5 Å². The van der Waals surface area contributed by atoms with Gasteiger partial charge in [0.25, 0.3) is 0 Å². The summed E-state index contributed by atoms with van der Waals surface area (Å²) in [6.07, 6.45) is 0.642. The molecule has 0 amide bonds. The summed E-state index contributed by atoms with van der Waals surface area (Å²) >= 11 is 0. The Morgan fingerprint density at radius 3 is 2.80 bits per heavy atom. The molecule has 15 heavy (non-hydrogen) atoms. The Kier molecular flexibility index (Phi) is 5.07. The van der Waals surface area contributed by atoms with Crippen molar-refractivity contribution in [3.63, 3.8) is 0 Å². The van der Waals surface area contributed by atoms with Gasteiger partial charge in [0.1, 0.15) is 11.6 Å². The number of nitrogens with two attached hydrogens (primary N) is 1. The van der Waals surface area contributed by atoms with Crippen molar-refractivity contribution in [1.29, 1.82) is 0 Å². The molecule has 0 saturated carbocycles. The third-order valence-corrected chi connectivity index (χ3v) is 1.88. The number of hydrogen-bond acceptors (Lipinski definition) is 3. The van der Waals surface area contributed by atoms with Crippen LogP contribution in [0.3, 0.4) is 0 Å². The highest BCUT2D eigenvalue weighted by Gasteiger charge is 2.01. The minimum atomic E-state index is -0.313. The minimum Gasteiger partial charge on any atom is -0.467 e. The van der Waals surface area contributed by atoms with Gasteiger partial charge in [-0.25, -0.2) is 4.39 Å². The lowest BCUT2D eigenvalue weighted by atomic mass is 10.1. The van der Waals surface area contributed by atoms with Gasteiger partial charge in [0, 0.05) is 12.7 Å². The van der Waals surface area contributed by atoms with E-state index in [1.54, 1.807) is 6.07 Å². The summed E-state index contributed by atoms with van der Waals surface area (Å²) in [4.78, 5) is 0. The zero-order valence-electron chi connectivity index (χ0n) is 8.83. The zero-order chi connectivity index (χ0) is 11.1. The van der Waals surface area contributed by atoms with E-state index in [0.29, 0.717) is 25.3 Å². The maximum Gasteiger partial charge on any atom is 0.189 e. The van der Waals surface area contributed by atoms with Gasteiger partial charge in [-0.1, -0.05) is 0 Å². The summed E-state index contributed by atoms with van der Waals surface area (Å²) in [6, 6.07) is 4.56. The maximum absolute atomic E-state index is 13.1. The largest absolute Gasteiger partial charge is 0.467 e. The van der Waals surface area contributed by atoms with Crippen molar-refractivity contribution in [2.24, 2.45) is 5.73 Å². The first-order valence-electron chi connectivity index (χ1n) is 4.96. The van der Waals surface area contributed by atoms with E-state index >= 15 is 0 Å². The Hall–Kier alpha value is -1.13. The molecular weight excluding hydrogens is 197 g/mol. The van der Waals surface area contributed by atoms with Crippen molar-refractivity contribution in [2.45, 2.75) is 13.3 Å². The lowest BCUT2D eigenvalue weighted by Crippen LogP contribution is -2.05. The SMILES string of the molecule is CCOCOc1cc(F)cc(CCN)c1. The molecule has 0 unspecified atom stereocenters. The molecule has 0 fully saturated rings. The van der Waals surface area contributed by atoms with Gasteiger partial charge in [-0.2, -0.15) is 0 Å². The molecule has 4 heteroatoms. The second kappa shape index (κ2) is 6.37. The lowest BCUT2D eigenvalue weighted by molar-refractivity contribution is 0.0222. The van der Waals surface area contributed by atoms with Gasteiger partial charge in [0.05, 0.1) is 0 Å². The molecule has 1 rings (SSSR count). The van der Waals surface area contributed by atoms with Crippen LogP contribution in [-0.2, 0) is 11.2 Å². The monoisotopic (exact) mass is 213 g/mol. The highest BCUT2D eigenvalue weighted by atomic mass is 19.1. The van der Waals surface area contributed by atoms with E-state index in [-0.39, 0.29) is 12.6 Å². The van der Waals surface area contributed by atoms with Crippen LogP contribution in [0.2, 0.25) is 0 Å². The normalized spacial score (nSPS) is 10.3. The molecule has 0 bridgehead atoms. The van der Waals surface area contributed by atoms with E-state index in [1.807, 2.05) is 6.92 Å². The maximum atomic E-state index is 13.1. The van der Waals surface area contributed by atoms with Crippen LogP contribution in [0.15, 0.2) is 18.2 Å². The molecule has 0 spiro atoms. The van der Waals surface area contributed by atoms with Crippen LogP contribution >= 0.6 is 0 Å². The number of halogens is 1. The molecule has 1 aromatic carbocycles. The number of hydrogen-bond donors (Lipinski definition) is 1. The van der Waals surface area contributed by atoms with Crippen molar-refractivity contribution in [1.82, 2.24) is 0 Å². The summed E-state index contributed by atoms with van der Waals surface area (Å²) < 4.78 is 23.3. The fourth-order valence-electron chi connectivity index (χ4n) is 1.21. The molecule has 84 valence electrons. The van der Waals surface area contributed by atoms with Crippen LogP contribution < -0.4 is 10.5 Å². The van der Waals surface area contributed by atoms with Crippen molar-refractivity contribution < 1.29 is 13.9 Å². The van der Waals surface area contributed by atoms with Crippen molar-refractivity contribution in [2.75, 3.05) is 19.9 Å². The fourth-order valence-corrected chi connectivity index (χ4v) is 1.21. The first kappa shape index (κ1) is 11.9. The predicted molar refractivity (Wildman–Crippen MR) is 56.3 cm³/mol. The Labute approximate surface area is 89.0 Å². The van der Waals surface area contributed by atoms with E-state index in [9.17, 15) is 4.39 Å². The van der Waals surface area contributed by atoms with Crippen LogP contribution in [0, 0.1) is 5.82 Å². The molecule has 0 aliphatic carbocycles. The lowest BCUT2D eigenvalue weighted by Gasteiger charge is -2.07. The Morgan fingerprint density at radius 1 is 1.33 bits per heavy atom. The number of benzene rings is 1. The molecule has 0 aliphatic heterocycles. The molecule has 1 aromatic rings. The van der Waals surface area contributed by atoms with Crippen molar-refractivity contribution >= 4 is 0 Å². The third kappa shape index (κ3) is 4.27. The molecule has 0 aromatic heterocycles. The van der Waals surface area contributed by atoms with Gasteiger partial charge in [-0.05, 0) is 37.6 Å². The summed E-state index contributed by atoms with van der Waals surface area (Å²) in [5.41, 5.74) is 6.23. The van der Waals surface area contributed by atoms with Crippen LogP contribution in [0.25, 0.3) is 0 Å². The van der Waals surface area contributed by atoms with Gasteiger partial charge in [0.2, 0.25) is 0 Å². The smallest absolute Gasteiger partial charge is 0.189 e. The number of rotatable bonds is 6. The van der Waals surface area contributed by atoms with Crippen molar-refractivity contribution in [3.05, 3.63) is 29.6 Å². The third-order valence-electron chi connectivity index (χ3n) is 1.88. The molecule has 3 nitrogen and oxygen atoms in total. The first-order chi connectivity index (χ1) is 7.26. The van der Waals surface area contributed by atoms with Gasteiger partial charge in [-0.3, -0.25) is 0 Å². The van der Waals surface area contributed by atoms with Crippen LogP contribution in [0.5, 0.6) is 5.75 Å². The summed E-state index contributed by atoms with van der Waals surface area (Å²) in [7, 11) is 0. The standard InChI is InChI=1S/C11H16FNO2/c1-2-14-8-15-11-6-9(3-4-13)5-10(12)7-11/h5-7H,2-4,8,13H2,1H3. The molecule has 0 atom stereocenters. The second-order valence-electron chi connectivity index (χ2n) is 3.09. The van der Waals surface area contributed by atoms with Gasteiger partial charge in [-0.15, -0.1) is 0 Å². The summed E-state index contributed by atoms with van der Waals surface area (Å²) in [5, 5.41) is 0. The van der Waals surface area contributed by atoms with Crippen LogP contribution in [0.4, 0.5) is 4.39 Å². The fraction of sp³-hybridized carbons (Fsp3) is 0.455. The highest BCUT2D eigenvalue weighted by molar-refractivity contribution is 5.29. The highest BCUT2D eigenvalue weighted by Crippen LogP contribution is 2.16. The second-order valence-corrected chi connectivity index (χ2v) is 3.09. The minimum absolute atomic E-state index is 0.141. The van der Waals surface area contributed by atoms with Crippen molar-refractivity contribution in [3.8, 4) is 5.75 Å². The van der Waals surface area contributed by atoms with E-state index in [0.717, 1.165) is 5.56 Å². The van der Waals surface area contributed by atoms with Crippen LogP contribution in [-0.4, -0.2) is 19.9 Å². The van der Waals surface area contributed by atoms with Gasteiger partial charge in [0.15, 0.2) is 6.79 Å². The molecule has 0 radical (unpaired) electrons. The zero-order valence-corrected chi connectivity index (χ0v) is 8.83. The van der Waals surface area contributed by atoms with E-state index < -0.39 is 0 Å². The Balaban J connectivity index is 2.62. The predicted octanol–water partition coefficient (Wildman–Crippen LogP) is 1.70. The average Bonchev–Trinajstić information content (AvgIpc) is 2.18. The molecule has 0 heterocycles. The Bertz CT molecular complexity index is 305. The summed E-state index contributed by atoms with van der Waals surface area (Å²) in [5.74, 6) is 0.166.